The summed E-state index contributed by atoms with van der Waals surface area (Å²) in [4.78, 5) is 17.1. The molecule has 1 amide bonds. The number of benzene rings is 1. The highest BCUT2D eigenvalue weighted by Gasteiger charge is 2.38. The van der Waals surface area contributed by atoms with Crippen molar-refractivity contribution in [1.29, 1.82) is 0 Å². The molecule has 1 aliphatic rings. The van der Waals surface area contributed by atoms with Crippen LogP contribution in [0.15, 0.2) is 22.7 Å². The summed E-state index contributed by atoms with van der Waals surface area (Å²) in [5.74, 6) is 1.07. The summed E-state index contributed by atoms with van der Waals surface area (Å²) in [5.41, 5.74) is 0.336. The average molecular weight is 396 g/mol. The van der Waals surface area contributed by atoms with Crippen LogP contribution in [0.4, 0.5) is 0 Å². The lowest BCUT2D eigenvalue weighted by Crippen LogP contribution is -2.46. The van der Waals surface area contributed by atoms with E-state index in [4.69, 9.17) is 27.7 Å². The second kappa shape index (κ2) is 8.40. The maximum atomic E-state index is 12.7. The Morgan fingerprint density at radius 1 is 1.23 bits per heavy atom. The second-order valence-corrected chi connectivity index (χ2v) is 7.68. The monoisotopic (exact) mass is 395 g/mol. The van der Waals surface area contributed by atoms with Crippen LogP contribution in [0.2, 0.25) is 10.0 Å². The third-order valence-corrected chi connectivity index (χ3v) is 5.80. The minimum Gasteiger partial charge on any atom is -0.343 e. The summed E-state index contributed by atoms with van der Waals surface area (Å²) in [7, 11) is 0. The van der Waals surface area contributed by atoms with E-state index in [-0.39, 0.29) is 5.91 Å². The van der Waals surface area contributed by atoms with Gasteiger partial charge in [-0.15, -0.1) is 0 Å². The summed E-state index contributed by atoms with van der Waals surface area (Å²) in [6, 6.07) is 5.48. The second-order valence-electron chi connectivity index (χ2n) is 6.89. The molecule has 26 heavy (non-hydrogen) atoms. The molecule has 3 rings (SSSR count). The van der Waals surface area contributed by atoms with E-state index in [1.165, 1.54) is 0 Å². The summed E-state index contributed by atoms with van der Waals surface area (Å²) in [6.07, 6.45) is 6.91. The smallest absolute Gasteiger partial charge is 0.223 e. The van der Waals surface area contributed by atoms with Crippen LogP contribution in [-0.4, -0.2) is 16.0 Å². The molecule has 0 aliphatic heterocycles. The lowest BCUT2D eigenvalue weighted by Gasteiger charge is -2.30. The highest BCUT2D eigenvalue weighted by atomic mass is 35.5. The minimum atomic E-state index is -0.538. The van der Waals surface area contributed by atoms with Crippen LogP contribution >= 0.6 is 23.2 Å². The molecule has 1 saturated carbocycles. The van der Waals surface area contributed by atoms with Gasteiger partial charge in [-0.3, -0.25) is 4.79 Å². The molecule has 0 atom stereocenters. The summed E-state index contributed by atoms with van der Waals surface area (Å²) in [6.45, 7) is 1.77. The van der Waals surface area contributed by atoms with Gasteiger partial charge in [0.1, 0.15) is 5.54 Å². The van der Waals surface area contributed by atoms with Crippen LogP contribution < -0.4 is 5.32 Å². The molecular formula is C19H23Cl2N3O2. The number of aryl methyl sites for hydroxylation is 2. The summed E-state index contributed by atoms with van der Waals surface area (Å²) in [5, 5.41) is 8.34. The fourth-order valence-electron chi connectivity index (χ4n) is 3.55. The number of nitrogens with one attached hydrogen (secondary N) is 1. The van der Waals surface area contributed by atoms with Crippen molar-refractivity contribution >= 4 is 29.1 Å². The standard InChI is InChI=1S/C19H23Cl2N3O2/c1-13-22-18(24-26-13)19(11-4-2-3-5-12-19)23-16(25)10-9-14-7-6-8-15(20)17(14)21/h6-8H,2-5,9-12H2,1H3,(H,23,25). The average Bonchev–Trinajstić information content (AvgIpc) is 2.92. The Hall–Kier alpha value is -1.59. The number of nitrogens with zero attached hydrogens (tertiary/aromatic N) is 2. The molecule has 7 heteroatoms. The Bertz CT molecular complexity index is 768. The molecule has 1 aliphatic carbocycles. The highest BCUT2D eigenvalue weighted by Crippen LogP contribution is 2.35. The van der Waals surface area contributed by atoms with E-state index in [2.05, 4.69) is 15.5 Å². The van der Waals surface area contributed by atoms with Crippen molar-refractivity contribution in [2.75, 3.05) is 0 Å². The normalized spacial score (nSPS) is 16.9. The Kier molecular flexibility index (Phi) is 6.20. The summed E-state index contributed by atoms with van der Waals surface area (Å²) < 4.78 is 5.18. The van der Waals surface area contributed by atoms with Gasteiger partial charge in [-0.25, -0.2) is 0 Å². The molecule has 0 unspecified atom stereocenters. The molecule has 140 valence electrons. The number of halogens is 2. The zero-order chi connectivity index (χ0) is 18.6. The van der Waals surface area contributed by atoms with Gasteiger partial charge < -0.3 is 9.84 Å². The molecule has 0 radical (unpaired) electrons. The summed E-state index contributed by atoms with van der Waals surface area (Å²) >= 11 is 12.3. The van der Waals surface area contributed by atoms with Crippen molar-refractivity contribution in [3.8, 4) is 0 Å². The molecular weight excluding hydrogens is 373 g/mol. The van der Waals surface area contributed by atoms with Gasteiger partial charge in [0.15, 0.2) is 5.82 Å². The topological polar surface area (TPSA) is 68.0 Å². The van der Waals surface area contributed by atoms with Crippen LogP contribution in [0, 0.1) is 6.92 Å². The fourth-order valence-corrected chi connectivity index (χ4v) is 3.96. The van der Waals surface area contributed by atoms with E-state index < -0.39 is 5.54 Å². The van der Waals surface area contributed by atoms with Gasteiger partial charge in [-0.1, -0.05) is 66.2 Å². The first kappa shape index (κ1) is 19.2. The zero-order valence-electron chi connectivity index (χ0n) is 14.9. The molecule has 0 bridgehead atoms. The first-order valence-corrected chi connectivity index (χ1v) is 9.80. The van der Waals surface area contributed by atoms with Gasteiger partial charge >= 0.3 is 0 Å². The first-order valence-electron chi connectivity index (χ1n) is 9.05. The van der Waals surface area contributed by atoms with Crippen LogP contribution in [-0.2, 0) is 16.8 Å². The fraction of sp³-hybridized carbons (Fsp3) is 0.526. The van der Waals surface area contributed by atoms with Crippen LogP contribution in [0.5, 0.6) is 0 Å². The van der Waals surface area contributed by atoms with E-state index in [0.717, 1.165) is 44.1 Å². The van der Waals surface area contributed by atoms with Gasteiger partial charge in [0.25, 0.3) is 0 Å². The maximum Gasteiger partial charge on any atom is 0.223 e. The first-order chi connectivity index (χ1) is 12.5. The third-order valence-electron chi connectivity index (χ3n) is 4.94. The Balaban J connectivity index is 1.72. The third kappa shape index (κ3) is 4.38. The predicted molar refractivity (Wildman–Crippen MR) is 101 cm³/mol. The Morgan fingerprint density at radius 2 is 1.96 bits per heavy atom. The van der Waals surface area contributed by atoms with Crippen molar-refractivity contribution in [2.45, 2.75) is 63.8 Å². The number of amides is 1. The Labute approximate surface area is 163 Å². The number of carbonyl (C=O) groups is 1. The molecule has 1 fully saturated rings. The van der Waals surface area contributed by atoms with E-state index >= 15 is 0 Å². The lowest BCUT2D eigenvalue weighted by molar-refractivity contribution is -0.123. The molecule has 2 aromatic rings. The number of aromatic nitrogens is 2. The van der Waals surface area contributed by atoms with Crippen LogP contribution in [0.1, 0.15) is 62.2 Å². The van der Waals surface area contributed by atoms with Gasteiger partial charge in [-0.05, 0) is 30.9 Å². The highest BCUT2D eigenvalue weighted by molar-refractivity contribution is 6.42. The number of hydrogen-bond donors (Lipinski definition) is 1. The van der Waals surface area contributed by atoms with Gasteiger partial charge in [0.2, 0.25) is 11.8 Å². The van der Waals surface area contributed by atoms with Gasteiger partial charge in [-0.2, -0.15) is 4.98 Å². The van der Waals surface area contributed by atoms with Gasteiger partial charge in [0, 0.05) is 13.3 Å². The zero-order valence-corrected chi connectivity index (χ0v) is 16.4. The van der Waals surface area contributed by atoms with Crippen molar-refractivity contribution in [3.63, 3.8) is 0 Å². The van der Waals surface area contributed by atoms with E-state index in [1.54, 1.807) is 13.0 Å². The minimum absolute atomic E-state index is 0.0367. The van der Waals surface area contributed by atoms with E-state index in [1.807, 2.05) is 12.1 Å². The van der Waals surface area contributed by atoms with Crippen molar-refractivity contribution in [1.82, 2.24) is 15.5 Å². The van der Waals surface area contributed by atoms with Crippen LogP contribution in [0.3, 0.4) is 0 Å². The molecule has 1 heterocycles. The lowest BCUT2D eigenvalue weighted by atomic mass is 9.88. The number of carbonyl (C=O) groups excluding carboxylic acids is 1. The quantitative estimate of drug-likeness (QED) is 0.724. The SMILES string of the molecule is Cc1nc(C2(NC(=O)CCc3cccc(Cl)c3Cl)CCCCCC2)no1. The Morgan fingerprint density at radius 3 is 2.62 bits per heavy atom. The van der Waals surface area contributed by atoms with Crippen molar-refractivity contribution in [3.05, 3.63) is 45.5 Å². The maximum absolute atomic E-state index is 12.7. The van der Waals surface area contributed by atoms with Crippen molar-refractivity contribution in [2.24, 2.45) is 0 Å². The van der Waals surface area contributed by atoms with E-state index in [0.29, 0.717) is 34.6 Å². The molecule has 5 nitrogen and oxygen atoms in total. The molecule has 1 N–H and O–H groups in total. The van der Waals surface area contributed by atoms with Gasteiger partial charge in [0.05, 0.1) is 10.0 Å². The van der Waals surface area contributed by atoms with E-state index in [9.17, 15) is 4.79 Å². The van der Waals surface area contributed by atoms with Crippen LogP contribution in [0.25, 0.3) is 0 Å². The molecule has 0 saturated heterocycles. The molecule has 0 spiro atoms. The predicted octanol–water partition coefficient (Wildman–Crippen LogP) is 4.98. The number of rotatable bonds is 5. The molecule has 1 aromatic heterocycles. The number of hydrogen-bond acceptors (Lipinski definition) is 4. The molecule has 1 aromatic carbocycles. The van der Waals surface area contributed by atoms with Crippen molar-refractivity contribution < 1.29 is 9.32 Å². The largest absolute Gasteiger partial charge is 0.343 e.